The first-order chi connectivity index (χ1) is 11.3. The van der Waals surface area contributed by atoms with Crippen LogP contribution >= 0.6 is 11.3 Å². The smallest absolute Gasteiger partial charge is 0.321 e. The molecule has 0 aliphatic carbocycles. The number of halogens is 1. The standard InChI is InChI=1S/C17H22FN3O2S/c1-4-11(2)14-9-24-16(20-14)21-15(22)19-10-17(3,23)12-5-7-13(18)8-6-12/h5-9,11,23H,4,10H2,1-3H3,(H2,19,20,21,22). The van der Waals surface area contributed by atoms with Crippen LogP contribution in [0.5, 0.6) is 0 Å². The first-order valence-corrected chi connectivity index (χ1v) is 8.68. The lowest BCUT2D eigenvalue weighted by molar-refractivity contribution is 0.0599. The molecule has 0 saturated carbocycles. The Labute approximate surface area is 144 Å². The van der Waals surface area contributed by atoms with Crippen molar-refractivity contribution in [2.24, 2.45) is 0 Å². The predicted molar refractivity (Wildman–Crippen MR) is 93.8 cm³/mol. The van der Waals surface area contributed by atoms with Crippen LogP contribution in [-0.4, -0.2) is 22.7 Å². The zero-order valence-corrected chi connectivity index (χ0v) is 14.8. The van der Waals surface area contributed by atoms with E-state index in [9.17, 15) is 14.3 Å². The van der Waals surface area contributed by atoms with Crippen molar-refractivity contribution in [3.63, 3.8) is 0 Å². The first-order valence-electron chi connectivity index (χ1n) is 7.80. The number of urea groups is 1. The molecule has 2 amide bonds. The highest BCUT2D eigenvalue weighted by Gasteiger charge is 2.24. The number of thiazole rings is 1. The van der Waals surface area contributed by atoms with E-state index in [-0.39, 0.29) is 12.4 Å². The van der Waals surface area contributed by atoms with Crippen LogP contribution in [0, 0.1) is 5.82 Å². The van der Waals surface area contributed by atoms with E-state index >= 15 is 0 Å². The number of carbonyl (C=O) groups is 1. The van der Waals surface area contributed by atoms with Crippen LogP contribution in [0.1, 0.15) is 44.4 Å². The number of anilines is 1. The Kier molecular flexibility index (Phi) is 5.90. The quantitative estimate of drug-likeness (QED) is 0.740. The molecular formula is C17H22FN3O2S. The van der Waals surface area contributed by atoms with E-state index in [1.165, 1.54) is 35.6 Å². The van der Waals surface area contributed by atoms with Crippen molar-refractivity contribution in [3.8, 4) is 0 Å². The summed E-state index contributed by atoms with van der Waals surface area (Å²) in [6, 6.07) is 5.09. The lowest BCUT2D eigenvalue weighted by Crippen LogP contribution is -2.40. The summed E-state index contributed by atoms with van der Waals surface area (Å²) < 4.78 is 12.9. The normalized spacial score (nSPS) is 14.7. The molecule has 1 heterocycles. The summed E-state index contributed by atoms with van der Waals surface area (Å²) in [6.07, 6.45) is 0.982. The third-order valence-corrected chi connectivity index (χ3v) is 4.69. The average molecular weight is 351 g/mol. The van der Waals surface area contributed by atoms with Gasteiger partial charge in [0.15, 0.2) is 5.13 Å². The van der Waals surface area contributed by atoms with Crippen molar-refractivity contribution >= 4 is 22.5 Å². The topological polar surface area (TPSA) is 74.2 Å². The number of aromatic nitrogens is 1. The molecule has 2 unspecified atom stereocenters. The summed E-state index contributed by atoms with van der Waals surface area (Å²) in [7, 11) is 0. The second-order valence-corrected chi connectivity index (χ2v) is 6.83. The number of aliphatic hydroxyl groups is 1. The third-order valence-electron chi connectivity index (χ3n) is 3.92. The van der Waals surface area contributed by atoms with E-state index < -0.39 is 11.6 Å². The Hall–Kier alpha value is -1.99. The molecule has 2 rings (SSSR count). The summed E-state index contributed by atoms with van der Waals surface area (Å²) in [5, 5.41) is 18.1. The highest BCUT2D eigenvalue weighted by molar-refractivity contribution is 7.13. The molecule has 2 atom stereocenters. The Morgan fingerprint density at radius 3 is 2.71 bits per heavy atom. The van der Waals surface area contributed by atoms with Crippen LogP contribution in [0.2, 0.25) is 0 Å². The van der Waals surface area contributed by atoms with Crippen LogP contribution in [0.15, 0.2) is 29.6 Å². The number of hydrogen-bond acceptors (Lipinski definition) is 4. The van der Waals surface area contributed by atoms with Gasteiger partial charge in [-0.25, -0.2) is 14.2 Å². The largest absolute Gasteiger partial charge is 0.384 e. The molecule has 7 heteroatoms. The van der Waals surface area contributed by atoms with Gasteiger partial charge in [-0.05, 0) is 37.0 Å². The molecule has 24 heavy (non-hydrogen) atoms. The van der Waals surface area contributed by atoms with Gasteiger partial charge < -0.3 is 10.4 Å². The zero-order valence-electron chi connectivity index (χ0n) is 14.0. The van der Waals surface area contributed by atoms with Gasteiger partial charge in [-0.1, -0.05) is 26.0 Å². The van der Waals surface area contributed by atoms with Crippen LogP contribution in [0.3, 0.4) is 0 Å². The lowest BCUT2D eigenvalue weighted by Gasteiger charge is -2.24. The van der Waals surface area contributed by atoms with E-state index in [2.05, 4.69) is 29.5 Å². The summed E-state index contributed by atoms with van der Waals surface area (Å²) in [5.74, 6) is -0.0276. The Morgan fingerprint density at radius 2 is 2.08 bits per heavy atom. The van der Waals surface area contributed by atoms with Crippen molar-refractivity contribution in [1.29, 1.82) is 0 Å². The maximum Gasteiger partial charge on any atom is 0.321 e. The summed E-state index contributed by atoms with van der Waals surface area (Å²) in [5.41, 5.74) is 0.184. The number of carbonyl (C=O) groups excluding carboxylic acids is 1. The minimum atomic E-state index is -1.30. The Balaban J connectivity index is 1.90. The lowest BCUT2D eigenvalue weighted by atomic mass is 9.96. The molecule has 5 nitrogen and oxygen atoms in total. The van der Waals surface area contributed by atoms with E-state index in [1.807, 2.05) is 5.38 Å². The van der Waals surface area contributed by atoms with E-state index in [0.717, 1.165) is 12.1 Å². The number of nitrogens with zero attached hydrogens (tertiary/aromatic N) is 1. The van der Waals surface area contributed by atoms with Gasteiger partial charge in [0.25, 0.3) is 0 Å². The number of amides is 2. The fourth-order valence-electron chi connectivity index (χ4n) is 2.08. The molecule has 3 N–H and O–H groups in total. The molecule has 0 fully saturated rings. The third kappa shape index (κ3) is 4.75. The number of rotatable bonds is 6. The number of hydrogen-bond donors (Lipinski definition) is 3. The summed E-state index contributed by atoms with van der Waals surface area (Å²) >= 11 is 1.37. The predicted octanol–water partition coefficient (Wildman–Crippen LogP) is 3.82. The summed E-state index contributed by atoms with van der Waals surface area (Å²) in [4.78, 5) is 16.3. The first kappa shape index (κ1) is 18.4. The molecule has 1 aromatic heterocycles. The highest BCUT2D eigenvalue weighted by atomic mass is 32.1. The highest BCUT2D eigenvalue weighted by Crippen LogP contribution is 2.24. The van der Waals surface area contributed by atoms with Crippen LogP contribution in [0.25, 0.3) is 0 Å². The van der Waals surface area contributed by atoms with Crippen LogP contribution in [-0.2, 0) is 5.60 Å². The number of benzene rings is 1. The molecule has 0 bridgehead atoms. The van der Waals surface area contributed by atoms with Crippen LogP contribution < -0.4 is 10.6 Å². The molecular weight excluding hydrogens is 329 g/mol. The fraction of sp³-hybridized carbons (Fsp3) is 0.412. The van der Waals surface area contributed by atoms with Gasteiger partial charge in [0.1, 0.15) is 11.4 Å². The maximum absolute atomic E-state index is 12.9. The fourth-order valence-corrected chi connectivity index (χ4v) is 2.91. The van der Waals surface area contributed by atoms with Gasteiger partial charge in [0, 0.05) is 5.38 Å². The van der Waals surface area contributed by atoms with E-state index in [1.54, 1.807) is 6.92 Å². The van der Waals surface area contributed by atoms with Crippen molar-refractivity contribution in [3.05, 3.63) is 46.7 Å². The molecule has 0 aliphatic rings. The Bertz CT molecular complexity index is 685. The molecule has 130 valence electrons. The number of nitrogens with one attached hydrogen (secondary N) is 2. The molecule has 0 radical (unpaired) electrons. The molecule has 0 saturated heterocycles. The van der Waals surface area contributed by atoms with E-state index in [4.69, 9.17) is 0 Å². The van der Waals surface area contributed by atoms with Gasteiger partial charge in [-0.3, -0.25) is 5.32 Å². The second-order valence-electron chi connectivity index (χ2n) is 5.98. The van der Waals surface area contributed by atoms with Gasteiger partial charge in [-0.15, -0.1) is 11.3 Å². The van der Waals surface area contributed by atoms with Gasteiger partial charge in [0.05, 0.1) is 12.2 Å². The monoisotopic (exact) mass is 351 g/mol. The molecule has 2 aromatic rings. The van der Waals surface area contributed by atoms with Gasteiger partial charge >= 0.3 is 6.03 Å². The minimum Gasteiger partial charge on any atom is -0.384 e. The van der Waals surface area contributed by atoms with E-state index in [0.29, 0.717) is 16.6 Å². The molecule has 0 spiro atoms. The van der Waals surface area contributed by atoms with Crippen molar-refractivity contribution in [1.82, 2.24) is 10.3 Å². The maximum atomic E-state index is 12.9. The van der Waals surface area contributed by atoms with Crippen molar-refractivity contribution in [2.45, 2.75) is 38.7 Å². The SMILES string of the molecule is CCC(C)c1csc(NC(=O)NCC(C)(O)c2ccc(F)cc2)n1. The zero-order chi connectivity index (χ0) is 17.7. The molecule has 1 aromatic carbocycles. The summed E-state index contributed by atoms with van der Waals surface area (Å²) in [6.45, 7) is 5.72. The van der Waals surface area contributed by atoms with Gasteiger partial charge in [-0.2, -0.15) is 0 Å². The Morgan fingerprint density at radius 1 is 1.42 bits per heavy atom. The van der Waals surface area contributed by atoms with Crippen molar-refractivity contribution in [2.75, 3.05) is 11.9 Å². The average Bonchev–Trinajstić information content (AvgIpc) is 3.01. The second kappa shape index (κ2) is 7.72. The van der Waals surface area contributed by atoms with Crippen molar-refractivity contribution < 1.29 is 14.3 Å². The van der Waals surface area contributed by atoms with Crippen LogP contribution in [0.4, 0.5) is 14.3 Å². The van der Waals surface area contributed by atoms with Gasteiger partial charge in [0.2, 0.25) is 0 Å². The minimum absolute atomic E-state index is 0.00589. The molecule has 0 aliphatic heterocycles.